The van der Waals surface area contributed by atoms with Crippen LogP contribution in [0.25, 0.3) is 0 Å². The molecule has 0 radical (unpaired) electrons. The zero-order valence-electron chi connectivity index (χ0n) is 13.5. The Morgan fingerprint density at radius 1 is 1.08 bits per heavy atom. The number of pyridine rings is 1. The fourth-order valence-electron chi connectivity index (χ4n) is 2.33. The number of anilines is 1. The molecule has 0 saturated carbocycles. The second-order valence-electron chi connectivity index (χ2n) is 5.57. The molecule has 0 aliphatic heterocycles. The van der Waals surface area contributed by atoms with Gasteiger partial charge in [-0.15, -0.1) is 0 Å². The van der Waals surface area contributed by atoms with Gasteiger partial charge in [0.25, 0.3) is 0 Å². The van der Waals surface area contributed by atoms with Crippen LogP contribution in [0, 0.1) is 6.92 Å². The van der Waals surface area contributed by atoms with E-state index in [1.54, 1.807) is 12.5 Å². The Bertz CT molecular complexity index is 770. The quantitative estimate of drug-likeness (QED) is 0.700. The second kappa shape index (κ2) is 7.75. The summed E-state index contributed by atoms with van der Waals surface area (Å²) in [4.78, 5) is 6.48. The van der Waals surface area contributed by atoms with Crippen LogP contribution >= 0.6 is 12.2 Å². The fourth-order valence-corrected chi connectivity index (χ4v) is 2.56. The van der Waals surface area contributed by atoms with Gasteiger partial charge in [0.15, 0.2) is 11.0 Å². The summed E-state index contributed by atoms with van der Waals surface area (Å²) in [5, 5.41) is 3.74. The molecule has 0 fully saturated rings. The molecule has 0 saturated heterocycles. The zero-order chi connectivity index (χ0) is 16.8. The van der Waals surface area contributed by atoms with Gasteiger partial charge < -0.3 is 14.6 Å². The van der Waals surface area contributed by atoms with Crippen LogP contribution in [0.2, 0.25) is 0 Å². The van der Waals surface area contributed by atoms with E-state index in [0.29, 0.717) is 24.1 Å². The summed E-state index contributed by atoms with van der Waals surface area (Å²) in [6.07, 6.45) is 3.41. The Morgan fingerprint density at radius 3 is 2.58 bits per heavy atom. The van der Waals surface area contributed by atoms with E-state index in [4.69, 9.17) is 16.6 Å². The van der Waals surface area contributed by atoms with Gasteiger partial charge in [-0.3, -0.25) is 4.98 Å². The predicted molar refractivity (Wildman–Crippen MR) is 99.6 cm³/mol. The molecule has 122 valence electrons. The Morgan fingerprint density at radius 2 is 1.92 bits per heavy atom. The third kappa shape index (κ3) is 4.43. The van der Waals surface area contributed by atoms with E-state index in [-0.39, 0.29) is 0 Å². The van der Waals surface area contributed by atoms with E-state index in [1.807, 2.05) is 30.3 Å². The Labute approximate surface area is 147 Å². The number of nitrogens with zero attached hydrogens (tertiary/aromatic N) is 2. The van der Waals surface area contributed by atoms with Crippen LogP contribution in [-0.4, -0.2) is 15.0 Å². The van der Waals surface area contributed by atoms with Crippen molar-refractivity contribution in [2.24, 2.45) is 0 Å². The number of furan rings is 1. The van der Waals surface area contributed by atoms with Gasteiger partial charge >= 0.3 is 0 Å². The maximum Gasteiger partial charge on any atom is 0.198 e. The predicted octanol–water partition coefficient (Wildman–Crippen LogP) is 4.38. The van der Waals surface area contributed by atoms with Gasteiger partial charge in [0.2, 0.25) is 0 Å². The van der Waals surface area contributed by atoms with Crippen LogP contribution in [-0.2, 0) is 13.1 Å². The van der Waals surface area contributed by atoms with Gasteiger partial charge in [-0.2, -0.15) is 0 Å². The molecule has 0 aliphatic rings. The summed E-state index contributed by atoms with van der Waals surface area (Å²) in [6, 6.07) is 18.0. The number of hydrogen-bond acceptors (Lipinski definition) is 3. The minimum absolute atomic E-state index is 0.608. The Balaban J connectivity index is 1.76. The molecule has 3 aromatic rings. The molecular weight excluding hydrogens is 318 g/mol. The first kappa shape index (κ1) is 16.2. The van der Waals surface area contributed by atoms with Gasteiger partial charge in [0, 0.05) is 18.8 Å². The van der Waals surface area contributed by atoms with Crippen molar-refractivity contribution in [1.29, 1.82) is 0 Å². The zero-order valence-corrected chi connectivity index (χ0v) is 14.3. The molecule has 1 N–H and O–H groups in total. The Kier molecular flexibility index (Phi) is 5.23. The van der Waals surface area contributed by atoms with Crippen molar-refractivity contribution in [3.8, 4) is 0 Å². The molecule has 5 heteroatoms. The van der Waals surface area contributed by atoms with Gasteiger partial charge in [-0.05, 0) is 42.9 Å². The first-order valence-electron chi connectivity index (χ1n) is 7.75. The molecule has 0 bridgehead atoms. The summed E-state index contributed by atoms with van der Waals surface area (Å²) in [5.41, 5.74) is 3.40. The lowest BCUT2D eigenvalue weighted by Crippen LogP contribution is -2.34. The molecule has 0 amide bonds. The molecule has 2 aromatic heterocycles. The molecule has 0 unspecified atom stereocenters. The topological polar surface area (TPSA) is 41.3 Å². The van der Waals surface area contributed by atoms with Crippen LogP contribution in [0.4, 0.5) is 5.88 Å². The molecule has 0 aliphatic carbocycles. The number of benzene rings is 1. The Hall–Kier alpha value is -2.66. The summed E-state index contributed by atoms with van der Waals surface area (Å²) in [6.45, 7) is 3.41. The summed E-state index contributed by atoms with van der Waals surface area (Å²) in [7, 11) is 0. The van der Waals surface area contributed by atoms with Crippen LogP contribution in [0.3, 0.4) is 0 Å². The van der Waals surface area contributed by atoms with E-state index < -0.39 is 0 Å². The minimum Gasteiger partial charge on any atom is -0.449 e. The monoisotopic (exact) mass is 337 g/mol. The van der Waals surface area contributed by atoms with Crippen LogP contribution in [0.15, 0.2) is 71.5 Å². The third-order valence-electron chi connectivity index (χ3n) is 3.61. The van der Waals surface area contributed by atoms with Crippen molar-refractivity contribution in [2.45, 2.75) is 20.0 Å². The number of thiocarbonyl (C=S) groups is 1. The van der Waals surface area contributed by atoms with E-state index >= 15 is 0 Å². The van der Waals surface area contributed by atoms with Gasteiger partial charge in [0.1, 0.15) is 0 Å². The highest BCUT2D eigenvalue weighted by atomic mass is 32.1. The number of aromatic nitrogens is 1. The summed E-state index contributed by atoms with van der Waals surface area (Å²) < 4.78 is 5.33. The normalized spacial score (nSPS) is 10.4. The van der Waals surface area contributed by atoms with Crippen LogP contribution in [0.1, 0.15) is 16.8 Å². The lowest BCUT2D eigenvalue weighted by atomic mass is 10.1. The van der Waals surface area contributed by atoms with Crippen molar-refractivity contribution in [1.82, 2.24) is 9.88 Å². The number of nitrogens with one attached hydrogen (secondary N) is 1. The van der Waals surface area contributed by atoms with Crippen molar-refractivity contribution < 1.29 is 4.42 Å². The van der Waals surface area contributed by atoms with Crippen molar-refractivity contribution in [3.63, 3.8) is 0 Å². The third-order valence-corrected chi connectivity index (χ3v) is 3.97. The number of aryl methyl sites for hydroxylation is 1. The molecule has 24 heavy (non-hydrogen) atoms. The average Bonchev–Trinajstić information content (AvgIpc) is 3.10. The molecular formula is C19H19N3OS. The fraction of sp³-hybridized carbons (Fsp3) is 0.158. The van der Waals surface area contributed by atoms with Crippen LogP contribution in [0.5, 0.6) is 0 Å². The van der Waals surface area contributed by atoms with E-state index in [9.17, 15) is 0 Å². The van der Waals surface area contributed by atoms with Crippen molar-refractivity contribution in [2.75, 3.05) is 5.32 Å². The second-order valence-corrected chi connectivity index (χ2v) is 5.96. The lowest BCUT2D eigenvalue weighted by molar-refractivity contribution is 0.406. The largest absolute Gasteiger partial charge is 0.449 e. The molecule has 3 rings (SSSR count). The minimum atomic E-state index is 0.608. The van der Waals surface area contributed by atoms with Gasteiger partial charge in [-0.25, -0.2) is 0 Å². The van der Waals surface area contributed by atoms with E-state index in [2.05, 4.69) is 46.4 Å². The highest BCUT2D eigenvalue weighted by Crippen LogP contribution is 2.14. The van der Waals surface area contributed by atoms with E-state index in [1.165, 1.54) is 11.1 Å². The molecule has 0 spiro atoms. The molecule has 0 atom stereocenters. The maximum atomic E-state index is 5.57. The van der Waals surface area contributed by atoms with Crippen molar-refractivity contribution >= 4 is 23.2 Å². The summed E-state index contributed by atoms with van der Waals surface area (Å²) >= 11 is 5.57. The highest BCUT2D eigenvalue weighted by Gasteiger charge is 2.13. The lowest BCUT2D eigenvalue weighted by Gasteiger charge is -2.25. The highest BCUT2D eigenvalue weighted by molar-refractivity contribution is 7.80. The first-order chi connectivity index (χ1) is 11.7. The average molecular weight is 337 g/mol. The van der Waals surface area contributed by atoms with Gasteiger partial charge in [0.05, 0.1) is 18.5 Å². The van der Waals surface area contributed by atoms with Crippen LogP contribution < -0.4 is 5.32 Å². The molecule has 1 aromatic carbocycles. The molecule has 2 heterocycles. The number of rotatable bonds is 5. The smallest absolute Gasteiger partial charge is 0.198 e. The SMILES string of the molecule is Cc1ccc(CN(Cc2ccccn2)C(=S)Nc2ccco2)cc1. The standard InChI is InChI=1S/C19H19N3OS/c1-15-7-9-16(10-8-15)13-22(14-17-5-2-3-11-20-17)19(24)21-18-6-4-12-23-18/h2-12H,13-14H2,1H3,(H,21,24). The number of hydrogen-bond donors (Lipinski definition) is 1. The van der Waals surface area contributed by atoms with E-state index in [0.717, 1.165) is 5.69 Å². The summed E-state index contributed by atoms with van der Waals surface area (Å²) in [5.74, 6) is 0.634. The maximum absolute atomic E-state index is 5.57. The van der Waals surface area contributed by atoms with Gasteiger partial charge in [-0.1, -0.05) is 35.9 Å². The molecule has 4 nitrogen and oxygen atoms in total. The van der Waals surface area contributed by atoms with Crippen molar-refractivity contribution in [3.05, 3.63) is 83.9 Å². The first-order valence-corrected chi connectivity index (χ1v) is 8.16.